The molecule has 2 aromatic heterocycles. The highest BCUT2D eigenvalue weighted by molar-refractivity contribution is 7.98. The van der Waals surface area contributed by atoms with Crippen molar-refractivity contribution in [2.24, 2.45) is 5.92 Å². The molecule has 0 spiro atoms. The summed E-state index contributed by atoms with van der Waals surface area (Å²) < 4.78 is 10.6. The SMILES string of the molecule is COc1cccc(-c2noc(CSc3n[nH]c(CCC4CCCC4)n3)n2)c1. The summed E-state index contributed by atoms with van der Waals surface area (Å²) in [5.41, 5.74) is 0.862. The molecule has 8 heteroatoms. The van der Waals surface area contributed by atoms with Crippen LogP contribution in [-0.2, 0) is 12.2 Å². The predicted molar refractivity (Wildman–Crippen MR) is 103 cm³/mol. The monoisotopic (exact) mass is 385 g/mol. The number of methoxy groups -OCH3 is 1. The van der Waals surface area contributed by atoms with Crippen molar-refractivity contribution in [1.29, 1.82) is 0 Å². The van der Waals surface area contributed by atoms with Gasteiger partial charge < -0.3 is 9.26 Å². The molecule has 142 valence electrons. The van der Waals surface area contributed by atoms with Crippen LogP contribution in [0.4, 0.5) is 0 Å². The van der Waals surface area contributed by atoms with E-state index in [4.69, 9.17) is 9.26 Å². The van der Waals surface area contributed by atoms with Crippen molar-refractivity contribution < 1.29 is 9.26 Å². The highest BCUT2D eigenvalue weighted by Gasteiger charge is 2.16. The first kappa shape index (κ1) is 18.0. The number of thioether (sulfide) groups is 1. The first-order valence-electron chi connectivity index (χ1n) is 9.31. The van der Waals surface area contributed by atoms with Crippen LogP contribution in [-0.4, -0.2) is 32.4 Å². The molecule has 0 saturated heterocycles. The summed E-state index contributed by atoms with van der Waals surface area (Å²) in [6, 6.07) is 7.59. The molecule has 0 amide bonds. The van der Waals surface area contributed by atoms with Crippen molar-refractivity contribution in [2.45, 2.75) is 49.4 Å². The minimum absolute atomic E-state index is 0.539. The second-order valence-electron chi connectivity index (χ2n) is 6.79. The molecule has 1 saturated carbocycles. The second kappa shape index (κ2) is 8.56. The summed E-state index contributed by atoms with van der Waals surface area (Å²) >= 11 is 1.49. The van der Waals surface area contributed by atoms with Crippen molar-refractivity contribution in [3.05, 3.63) is 36.0 Å². The molecule has 4 rings (SSSR count). The molecule has 27 heavy (non-hydrogen) atoms. The van der Waals surface area contributed by atoms with Gasteiger partial charge in [-0.3, -0.25) is 5.10 Å². The van der Waals surface area contributed by atoms with Gasteiger partial charge in [0.1, 0.15) is 11.6 Å². The Labute approximate surface area is 162 Å². The normalized spacial score (nSPS) is 14.7. The van der Waals surface area contributed by atoms with Gasteiger partial charge in [0.25, 0.3) is 0 Å². The van der Waals surface area contributed by atoms with E-state index in [2.05, 4.69) is 25.3 Å². The topological polar surface area (TPSA) is 89.7 Å². The van der Waals surface area contributed by atoms with E-state index < -0.39 is 0 Å². The second-order valence-corrected chi connectivity index (χ2v) is 7.73. The average Bonchev–Trinajstić information content (AvgIpc) is 3.46. The Kier molecular flexibility index (Phi) is 5.72. The minimum Gasteiger partial charge on any atom is -0.497 e. The van der Waals surface area contributed by atoms with E-state index in [-0.39, 0.29) is 0 Å². The summed E-state index contributed by atoms with van der Waals surface area (Å²) in [5, 5.41) is 12.1. The number of aromatic nitrogens is 5. The van der Waals surface area contributed by atoms with Gasteiger partial charge in [0.15, 0.2) is 0 Å². The number of aromatic amines is 1. The highest BCUT2D eigenvalue weighted by Crippen LogP contribution is 2.28. The van der Waals surface area contributed by atoms with Gasteiger partial charge >= 0.3 is 0 Å². The van der Waals surface area contributed by atoms with Crippen molar-refractivity contribution in [3.63, 3.8) is 0 Å². The zero-order valence-corrected chi connectivity index (χ0v) is 16.2. The lowest BCUT2D eigenvalue weighted by atomic mass is 10.0. The molecule has 0 aliphatic heterocycles. The Morgan fingerprint density at radius 2 is 2.15 bits per heavy atom. The van der Waals surface area contributed by atoms with Crippen molar-refractivity contribution in [2.75, 3.05) is 7.11 Å². The lowest BCUT2D eigenvalue weighted by Crippen LogP contribution is -1.97. The molecule has 1 aromatic carbocycles. The van der Waals surface area contributed by atoms with Crippen molar-refractivity contribution in [3.8, 4) is 17.1 Å². The van der Waals surface area contributed by atoms with Crippen LogP contribution in [0.15, 0.2) is 33.9 Å². The summed E-state index contributed by atoms with van der Waals surface area (Å²) in [4.78, 5) is 9.01. The third-order valence-corrected chi connectivity index (χ3v) is 5.73. The molecule has 1 aliphatic rings. The first-order chi connectivity index (χ1) is 13.3. The molecule has 7 nitrogen and oxygen atoms in total. The third kappa shape index (κ3) is 4.68. The number of ether oxygens (including phenoxy) is 1. The first-order valence-corrected chi connectivity index (χ1v) is 10.3. The molecular weight excluding hydrogens is 362 g/mol. The molecule has 1 aliphatic carbocycles. The van der Waals surface area contributed by atoms with E-state index in [0.717, 1.165) is 34.6 Å². The summed E-state index contributed by atoms with van der Waals surface area (Å²) in [6.45, 7) is 0. The smallest absolute Gasteiger partial charge is 0.237 e. The molecule has 0 atom stereocenters. The van der Waals surface area contributed by atoms with E-state index in [1.165, 1.54) is 43.9 Å². The number of hydrogen-bond acceptors (Lipinski definition) is 7. The van der Waals surface area contributed by atoms with E-state index in [9.17, 15) is 0 Å². The number of nitrogens with one attached hydrogen (secondary N) is 1. The van der Waals surface area contributed by atoms with Crippen LogP contribution in [0.1, 0.15) is 43.8 Å². The van der Waals surface area contributed by atoms with Crippen LogP contribution >= 0.6 is 11.8 Å². The highest BCUT2D eigenvalue weighted by atomic mass is 32.2. The van der Waals surface area contributed by atoms with Gasteiger partial charge in [-0.1, -0.05) is 54.7 Å². The maximum atomic E-state index is 5.35. The maximum Gasteiger partial charge on any atom is 0.237 e. The van der Waals surface area contributed by atoms with Gasteiger partial charge in [0.05, 0.1) is 12.9 Å². The zero-order valence-electron chi connectivity index (χ0n) is 15.4. The quantitative estimate of drug-likeness (QED) is 0.579. The van der Waals surface area contributed by atoms with Gasteiger partial charge in [-0.2, -0.15) is 4.98 Å². The van der Waals surface area contributed by atoms with E-state index in [1.54, 1.807) is 7.11 Å². The van der Waals surface area contributed by atoms with Gasteiger partial charge in [0, 0.05) is 12.0 Å². The van der Waals surface area contributed by atoms with Gasteiger partial charge in [-0.05, 0) is 24.5 Å². The Bertz CT molecular complexity index is 872. The summed E-state index contributed by atoms with van der Waals surface area (Å²) in [6.07, 6.45) is 7.66. The molecule has 0 radical (unpaired) electrons. The van der Waals surface area contributed by atoms with E-state index in [0.29, 0.717) is 17.5 Å². The largest absolute Gasteiger partial charge is 0.497 e. The predicted octanol–water partition coefficient (Wildman–Crippen LogP) is 4.28. The Morgan fingerprint density at radius 3 is 3.00 bits per heavy atom. The fourth-order valence-corrected chi connectivity index (χ4v) is 4.07. The van der Waals surface area contributed by atoms with Crippen LogP contribution < -0.4 is 4.74 Å². The standard InChI is InChI=1S/C19H23N5O2S/c1-25-15-8-4-7-14(11-15)18-21-17(26-24-18)12-27-19-20-16(22-23-19)10-9-13-5-2-3-6-13/h4,7-8,11,13H,2-3,5-6,9-10,12H2,1H3,(H,20,22,23). The number of nitrogens with zero attached hydrogens (tertiary/aromatic N) is 4. The van der Waals surface area contributed by atoms with Crippen LogP contribution in [0.3, 0.4) is 0 Å². The molecule has 2 heterocycles. The van der Waals surface area contributed by atoms with E-state index >= 15 is 0 Å². The van der Waals surface area contributed by atoms with Crippen LogP contribution in [0, 0.1) is 5.92 Å². The number of benzene rings is 1. The Morgan fingerprint density at radius 1 is 1.26 bits per heavy atom. The summed E-state index contributed by atoms with van der Waals surface area (Å²) in [7, 11) is 1.64. The molecule has 0 bridgehead atoms. The molecule has 1 N–H and O–H groups in total. The number of aryl methyl sites for hydroxylation is 1. The van der Waals surface area contributed by atoms with Crippen LogP contribution in [0.5, 0.6) is 5.75 Å². The lowest BCUT2D eigenvalue weighted by Gasteiger charge is -2.05. The number of hydrogen-bond donors (Lipinski definition) is 1. The van der Waals surface area contributed by atoms with Crippen molar-refractivity contribution in [1.82, 2.24) is 25.3 Å². The van der Waals surface area contributed by atoms with Gasteiger partial charge in [-0.25, -0.2) is 4.98 Å². The van der Waals surface area contributed by atoms with Crippen LogP contribution in [0.25, 0.3) is 11.4 Å². The molecule has 0 unspecified atom stereocenters. The van der Waals surface area contributed by atoms with E-state index in [1.807, 2.05) is 24.3 Å². The fraction of sp³-hybridized carbons (Fsp3) is 0.474. The summed E-state index contributed by atoms with van der Waals surface area (Å²) in [5.74, 6) is 4.23. The molecular formula is C19H23N5O2S. The van der Waals surface area contributed by atoms with Crippen LogP contribution in [0.2, 0.25) is 0 Å². The number of H-pyrrole nitrogens is 1. The average molecular weight is 385 g/mol. The third-order valence-electron chi connectivity index (χ3n) is 4.90. The Hall–Kier alpha value is -2.35. The van der Waals surface area contributed by atoms with Gasteiger partial charge in [0.2, 0.25) is 16.9 Å². The van der Waals surface area contributed by atoms with Crippen molar-refractivity contribution >= 4 is 11.8 Å². The molecule has 1 fully saturated rings. The Balaban J connectivity index is 1.30. The molecule has 3 aromatic rings. The number of rotatable bonds is 8. The fourth-order valence-electron chi connectivity index (χ4n) is 3.41. The van der Waals surface area contributed by atoms with Gasteiger partial charge in [-0.15, -0.1) is 5.10 Å². The maximum absolute atomic E-state index is 5.35. The zero-order chi connectivity index (χ0) is 18.5. The lowest BCUT2D eigenvalue weighted by molar-refractivity contribution is 0.391. The minimum atomic E-state index is 0.539.